The molecule has 4 rings (SSSR count). The zero-order valence-corrected chi connectivity index (χ0v) is 20.3. The maximum Gasteiger partial charge on any atom is 0.227 e. The number of carbonyl (C=O) groups excluding carboxylic acids is 1. The van der Waals surface area contributed by atoms with Gasteiger partial charge in [0.05, 0.1) is 13.7 Å². The normalized spacial score (nSPS) is 19.3. The van der Waals surface area contributed by atoms with E-state index < -0.39 is 0 Å². The van der Waals surface area contributed by atoms with Crippen LogP contribution in [-0.2, 0) is 4.79 Å². The lowest BCUT2D eigenvalue weighted by atomic mass is 9.73. The molecule has 0 saturated heterocycles. The largest absolute Gasteiger partial charge is 0.493 e. The Kier molecular flexibility index (Phi) is 6.51. The highest BCUT2D eigenvalue weighted by atomic mass is 32.2. The number of nitrogens with zero attached hydrogens (tertiary/aromatic N) is 3. The van der Waals surface area contributed by atoms with Gasteiger partial charge in [0.25, 0.3) is 0 Å². The fourth-order valence-electron chi connectivity index (χ4n) is 4.39. The molecule has 8 heteroatoms. The first-order valence-electron chi connectivity index (χ1n) is 11.3. The monoisotopic (exact) mass is 456 g/mol. The highest BCUT2D eigenvalue weighted by Gasteiger charge is 2.42. The van der Waals surface area contributed by atoms with Crippen molar-refractivity contribution in [1.82, 2.24) is 14.8 Å². The van der Waals surface area contributed by atoms with Gasteiger partial charge >= 0.3 is 0 Å². The minimum atomic E-state index is -0.345. The molecule has 0 amide bonds. The minimum absolute atomic E-state index is 0.0919. The average molecular weight is 457 g/mol. The Morgan fingerprint density at radius 3 is 2.78 bits per heavy atom. The fourth-order valence-corrected chi connectivity index (χ4v) is 4.94. The van der Waals surface area contributed by atoms with E-state index in [1.165, 1.54) is 0 Å². The van der Waals surface area contributed by atoms with Gasteiger partial charge in [0, 0.05) is 17.7 Å². The smallest absolute Gasteiger partial charge is 0.227 e. The summed E-state index contributed by atoms with van der Waals surface area (Å²) in [4.78, 5) is 18.0. The van der Waals surface area contributed by atoms with Crippen molar-refractivity contribution >= 4 is 23.5 Å². The number of ether oxygens (including phenoxy) is 2. The molecule has 7 nitrogen and oxygen atoms in total. The zero-order chi connectivity index (χ0) is 22.9. The number of carbonyl (C=O) groups is 1. The lowest BCUT2D eigenvalue weighted by molar-refractivity contribution is -0.118. The van der Waals surface area contributed by atoms with Crippen molar-refractivity contribution in [2.75, 3.05) is 24.8 Å². The number of ketones is 1. The summed E-state index contributed by atoms with van der Waals surface area (Å²) in [5.41, 5.74) is 2.57. The van der Waals surface area contributed by atoms with Gasteiger partial charge in [0.2, 0.25) is 11.1 Å². The molecule has 0 radical (unpaired) electrons. The van der Waals surface area contributed by atoms with Crippen LogP contribution in [0.2, 0.25) is 0 Å². The molecule has 0 unspecified atom stereocenters. The van der Waals surface area contributed by atoms with Crippen molar-refractivity contribution in [3.8, 4) is 11.5 Å². The Hall–Kier alpha value is -2.48. The molecule has 2 heterocycles. The maximum atomic E-state index is 13.3. The van der Waals surface area contributed by atoms with E-state index in [4.69, 9.17) is 19.6 Å². The second-order valence-electron chi connectivity index (χ2n) is 9.07. The van der Waals surface area contributed by atoms with Crippen molar-refractivity contribution in [1.29, 1.82) is 0 Å². The van der Waals surface area contributed by atoms with E-state index in [1.54, 1.807) is 18.9 Å². The molecule has 0 fully saturated rings. The van der Waals surface area contributed by atoms with Crippen LogP contribution in [0.1, 0.15) is 65.0 Å². The van der Waals surface area contributed by atoms with Gasteiger partial charge in [-0.1, -0.05) is 51.9 Å². The molecule has 2 aliphatic rings. The van der Waals surface area contributed by atoms with Gasteiger partial charge in [0.15, 0.2) is 17.3 Å². The number of anilines is 1. The summed E-state index contributed by atoms with van der Waals surface area (Å²) in [7, 11) is 1.64. The Morgan fingerprint density at radius 2 is 2.06 bits per heavy atom. The number of aromatic nitrogens is 3. The topological polar surface area (TPSA) is 78.3 Å². The quantitative estimate of drug-likeness (QED) is 0.430. The molecule has 0 spiro atoms. The number of hydrogen-bond donors (Lipinski definition) is 1. The molecule has 172 valence electrons. The summed E-state index contributed by atoms with van der Waals surface area (Å²) >= 11 is 1.59. The van der Waals surface area contributed by atoms with Crippen molar-refractivity contribution in [2.24, 2.45) is 5.41 Å². The van der Waals surface area contributed by atoms with Gasteiger partial charge in [-0.05, 0) is 41.7 Å². The van der Waals surface area contributed by atoms with Crippen LogP contribution in [0.3, 0.4) is 0 Å². The SMILES string of the molecule is CCCCOc1ccc([C@@H]2C3=C(CC(C)(C)CC3=O)Nc3nc(SCC)nn32)cc1OC. The number of benzene rings is 1. The number of thioether (sulfide) groups is 1. The van der Waals surface area contributed by atoms with Crippen LogP contribution in [0.5, 0.6) is 11.5 Å². The molecule has 32 heavy (non-hydrogen) atoms. The number of allylic oxidation sites excluding steroid dienone is 2. The van der Waals surface area contributed by atoms with Crippen molar-refractivity contribution < 1.29 is 14.3 Å². The minimum Gasteiger partial charge on any atom is -0.493 e. The molecular weight excluding hydrogens is 424 g/mol. The van der Waals surface area contributed by atoms with E-state index in [2.05, 4.69) is 33.0 Å². The van der Waals surface area contributed by atoms with Crippen LogP contribution in [-0.4, -0.2) is 40.0 Å². The van der Waals surface area contributed by atoms with Gasteiger partial charge in [-0.2, -0.15) is 4.98 Å². The van der Waals surface area contributed by atoms with E-state index in [0.717, 1.165) is 41.8 Å². The standard InChI is InChI=1S/C24H32N4O3S/c1-6-8-11-31-18-10-9-15(12-19(18)30-5)21-20-16(13-24(3,4)14-17(20)29)25-22-26-23(32-7-2)27-28(21)22/h9-10,12,21H,6-8,11,13-14H2,1-5H3,(H,25,26,27)/t21-/m1/s1. The fraction of sp³-hybridized carbons (Fsp3) is 0.542. The molecule has 1 aliphatic heterocycles. The number of rotatable bonds is 8. The summed E-state index contributed by atoms with van der Waals surface area (Å²) in [6.07, 6.45) is 3.36. The number of fused-ring (bicyclic) bond motifs is 1. The Balaban J connectivity index is 1.79. The highest BCUT2D eigenvalue weighted by molar-refractivity contribution is 7.99. The predicted octanol–water partition coefficient (Wildman–Crippen LogP) is 5.24. The molecule has 0 saturated carbocycles. The van der Waals surface area contributed by atoms with E-state index in [9.17, 15) is 4.79 Å². The summed E-state index contributed by atoms with van der Waals surface area (Å²) in [6.45, 7) is 9.12. The van der Waals surface area contributed by atoms with Crippen LogP contribution in [0.4, 0.5) is 5.95 Å². The van der Waals surface area contributed by atoms with E-state index in [-0.39, 0.29) is 17.2 Å². The number of Topliss-reactive ketones (excluding diaryl/α,β-unsaturated/α-hetero) is 1. The Labute approximate surface area is 194 Å². The van der Waals surface area contributed by atoms with Crippen LogP contribution in [0.15, 0.2) is 34.6 Å². The summed E-state index contributed by atoms with van der Waals surface area (Å²) in [5.74, 6) is 3.09. The molecular formula is C24H32N4O3S. The van der Waals surface area contributed by atoms with Crippen molar-refractivity contribution in [3.05, 3.63) is 35.0 Å². The Morgan fingerprint density at radius 1 is 1.25 bits per heavy atom. The first-order valence-corrected chi connectivity index (χ1v) is 12.3. The molecule has 1 aromatic carbocycles. The second-order valence-corrected chi connectivity index (χ2v) is 10.3. The summed E-state index contributed by atoms with van der Waals surface area (Å²) in [5, 5.41) is 8.87. The first kappa shape index (κ1) is 22.7. The molecule has 1 aromatic heterocycles. The highest BCUT2D eigenvalue weighted by Crippen LogP contribution is 2.46. The lowest BCUT2D eigenvalue weighted by Crippen LogP contribution is -2.36. The van der Waals surface area contributed by atoms with Gasteiger partial charge in [-0.25, -0.2) is 4.68 Å². The number of hydrogen-bond acceptors (Lipinski definition) is 7. The molecule has 1 atom stereocenters. The van der Waals surface area contributed by atoms with Crippen molar-refractivity contribution in [2.45, 2.75) is 64.6 Å². The third-order valence-corrected chi connectivity index (χ3v) is 6.56. The Bertz CT molecular complexity index is 1040. The summed E-state index contributed by atoms with van der Waals surface area (Å²) in [6, 6.07) is 5.56. The lowest BCUT2D eigenvalue weighted by Gasteiger charge is -2.38. The predicted molar refractivity (Wildman–Crippen MR) is 127 cm³/mol. The van der Waals surface area contributed by atoms with E-state index in [0.29, 0.717) is 35.6 Å². The van der Waals surface area contributed by atoms with E-state index >= 15 is 0 Å². The van der Waals surface area contributed by atoms with Gasteiger partial charge < -0.3 is 14.8 Å². The van der Waals surface area contributed by atoms with Gasteiger partial charge in [0.1, 0.15) is 6.04 Å². The van der Waals surface area contributed by atoms with Gasteiger partial charge in [-0.15, -0.1) is 5.10 Å². The molecule has 1 N–H and O–H groups in total. The second kappa shape index (κ2) is 9.17. The third kappa shape index (κ3) is 4.37. The van der Waals surface area contributed by atoms with Crippen LogP contribution >= 0.6 is 11.8 Å². The van der Waals surface area contributed by atoms with Crippen LogP contribution in [0.25, 0.3) is 0 Å². The maximum absolute atomic E-state index is 13.3. The van der Waals surface area contributed by atoms with Crippen molar-refractivity contribution in [3.63, 3.8) is 0 Å². The van der Waals surface area contributed by atoms with E-state index in [1.807, 2.05) is 22.9 Å². The first-order chi connectivity index (χ1) is 15.4. The third-order valence-electron chi connectivity index (χ3n) is 5.84. The average Bonchev–Trinajstić information content (AvgIpc) is 3.14. The summed E-state index contributed by atoms with van der Waals surface area (Å²) < 4.78 is 13.4. The molecule has 1 aliphatic carbocycles. The molecule has 0 bridgehead atoms. The number of nitrogens with one attached hydrogen (secondary N) is 1. The number of unbranched alkanes of at least 4 members (excludes halogenated alkanes) is 1. The van der Waals surface area contributed by atoms with Crippen LogP contribution < -0.4 is 14.8 Å². The zero-order valence-electron chi connectivity index (χ0n) is 19.5. The number of methoxy groups -OCH3 is 1. The van der Waals surface area contributed by atoms with Crippen LogP contribution in [0, 0.1) is 5.41 Å². The molecule has 2 aromatic rings. The van der Waals surface area contributed by atoms with Gasteiger partial charge in [-0.3, -0.25) is 4.79 Å².